The minimum Gasteiger partial charge on any atom is -0.395 e. The molecule has 2 aromatic heterocycles. The van der Waals surface area contributed by atoms with Gasteiger partial charge in [-0.3, -0.25) is 10.2 Å². The van der Waals surface area contributed by atoms with Crippen LogP contribution < -0.4 is 5.73 Å². The van der Waals surface area contributed by atoms with Gasteiger partial charge in [0.05, 0.1) is 17.1 Å². The fraction of sp³-hybridized carbons (Fsp3) is 0.143. The van der Waals surface area contributed by atoms with E-state index >= 15 is 0 Å². The van der Waals surface area contributed by atoms with Gasteiger partial charge in [0.25, 0.3) is 0 Å². The Morgan fingerprint density at radius 1 is 1.42 bits per heavy atom. The molecule has 62 valence electrons. The third kappa shape index (κ3) is 0.868. The molecule has 0 saturated heterocycles. The summed E-state index contributed by atoms with van der Waals surface area (Å²) in [4.78, 5) is 0. The molecule has 0 radical (unpaired) electrons. The van der Waals surface area contributed by atoms with E-state index in [1.807, 2.05) is 13.0 Å². The number of anilines is 1. The number of nitrogens with two attached hydrogens (primary N) is 1. The minimum atomic E-state index is 0.666. The predicted octanol–water partition coefficient (Wildman–Crippen LogP) is 0.690. The zero-order valence-electron chi connectivity index (χ0n) is 6.63. The highest BCUT2D eigenvalue weighted by molar-refractivity contribution is 5.70. The second-order valence-electron chi connectivity index (χ2n) is 2.58. The lowest BCUT2D eigenvalue weighted by atomic mass is 10.2. The van der Waals surface area contributed by atoms with Crippen molar-refractivity contribution in [3.05, 3.63) is 18.0 Å². The van der Waals surface area contributed by atoms with Gasteiger partial charge in [0.2, 0.25) is 0 Å². The Morgan fingerprint density at radius 3 is 2.75 bits per heavy atom. The molecule has 5 heteroatoms. The van der Waals surface area contributed by atoms with E-state index in [1.54, 1.807) is 6.20 Å². The molecule has 5 nitrogen and oxygen atoms in total. The molecule has 0 amide bonds. The zero-order chi connectivity index (χ0) is 8.55. The van der Waals surface area contributed by atoms with E-state index in [0.717, 1.165) is 17.1 Å². The van der Waals surface area contributed by atoms with Crippen molar-refractivity contribution in [1.82, 2.24) is 20.4 Å². The number of H-pyrrole nitrogens is 2. The molecule has 12 heavy (non-hydrogen) atoms. The highest BCUT2D eigenvalue weighted by Crippen LogP contribution is 2.22. The Balaban J connectivity index is 2.55. The first kappa shape index (κ1) is 6.90. The van der Waals surface area contributed by atoms with Gasteiger partial charge in [0.15, 0.2) is 0 Å². The van der Waals surface area contributed by atoms with E-state index in [1.165, 1.54) is 0 Å². The summed E-state index contributed by atoms with van der Waals surface area (Å²) in [6.07, 6.45) is 1.67. The Bertz CT molecular complexity index is 372. The molecule has 0 bridgehead atoms. The third-order valence-electron chi connectivity index (χ3n) is 1.75. The number of aryl methyl sites for hydroxylation is 1. The smallest absolute Gasteiger partial charge is 0.133 e. The number of aromatic nitrogens is 4. The second kappa shape index (κ2) is 2.37. The normalized spacial score (nSPS) is 10.4. The van der Waals surface area contributed by atoms with Crippen LogP contribution in [0, 0.1) is 6.92 Å². The molecule has 0 aliphatic heterocycles. The quantitative estimate of drug-likeness (QED) is 0.578. The number of nitrogen functional groups attached to an aromatic ring is 1. The van der Waals surface area contributed by atoms with Crippen LogP contribution in [0.15, 0.2) is 12.3 Å². The molecule has 0 aromatic carbocycles. The molecule has 2 aromatic rings. The molecule has 0 spiro atoms. The van der Waals surface area contributed by atoms with Crippen LogP contribution in [-0.4, -0.2) is 20.4 Å². The second-order valence-corrected chi connectivity index (χ2v) is 2.58. The molecular formula is C7H9N5. The largest absolute Gasteiger partial charge is 0.395 e. The third-order valence-corrected chi connectivity index (χ3v) is 1.75. The van der Waals surface area contributed by atoms with Gasteiger partial charge in [-0.15, -0.1) is 0 Å². The first-order valence-corrected chi connectivity index (χ1v) is 3.59. The van der Waals surface area contributed by atoms with Crippen molar-refractivity contribution in [3.8, 4) is 11.4 Å². The predicted molar refractivity (Wildman–Crippen MR) is 45.3 cm³/mol. The van der Waals surface area contributed by atoms with Crippen LogP contribution in [0.1, 0.15) is 5.69 Å². The Morgan fingerprint density at radius 2 is 2.25 bits per heavy atom. The Kier molecular flexibility index (Phi) is 1.36. The van der Waals surface area contributed by atoms with Gasteiger partial charge in [-0.1, -0.05) is 0 Å². The van der Waals surface area contributed by atoms with Crippen LogP contribution in [-0.2, 0) is 0 Å². The standard InChI is InChI=1S/C7H9N5/c1-4-6(8)7(12-10-4)5-2-3-9-11-5/h2-3H,8H2,1H3,(H,9,11)(H,10,12). The maximum atomic E-state index is 5.75. The molecule has 2 heterocycles. The molecular weight excluding hydrogens is 154 g/mol. The molecule has 0 aliphatic carbocycles. The van der Waals surface area contributed by atoms with Gasteiger partial charge < -0.3 is 5.73 Å². The highest BCUT2D eigenvalue weighted by atomic mass is 15.2. The SMILES string of the molecule is Cc1[nH]nc(-c2ccn[nH]2)c1N. The van der Waals surface area contributed by atoms with Crippen LogP contribution in [0.2, 0.25) is 0 Å². The molecule has 0 atom stereocenters. The van der Waals surface area contributed by atoms with Crippen LogP contribution >= 0.6 is 0 Å². The summed E-state index contributed by atoms with van der Waals surface area (Å²) in [5.41, 5.74) is 8.85. The average Bonchev–Trinajstić information content (AvgIpc) is 2.64. The zero-order valence-corrected chi connectivity index (χ0v) is 6.63. The molecule has 4 N–H and O–H groups in total. The molecule has 2 rings (SSSR count). The van der Waals surface area contributed by atoms with Crippen molar-refractivity contribution in [3.63, 3.8) is 0 Å². The van der Waals surface area contributed by atoms with Gasteiger partial charge in [-0.2, -0.15) is 10.2 Å². The summed E-state index contributed by atoms with van der Waals surface area (Å²) in [7, 11) is 0. The Hall–Kier alpha value is -1.78. The number of aromatic amines is 2. The summed E-state index contributed by atoms with van der Waals surface area (Å²) >= 11 is 0. The Labute approximate surface area is 69.0 Å². The fourth-order valence-electron chi connectivity index (χ4n) is 1.03. The lowest BCUT2D eigenvalue weighted by molar-refractivity contribution is 1.03. The van der Waals surface area contributed by atoms with Crippen molar-refractivity contribution in [2.75, 3.05) is 5.73 Å². The van der Waals surface area contributed by atoms with Crippen molar-refractivity contribution in [2.45, 2.75) is 6.92 Å². The molecule has 0 fully saturated rings. The average molecular weight is 163 g/mol. The monoisotopic (exact) mass is 163 g/mol. The fourth-order valence-corrected chi connectivity index (χ4v) is 1.03. The van der Waals surface area contributed by atoms with E-state index < -0.39 is 0 Å². The maximum absolute atomic E-state index is 5.75. The van der Waals surface area contributed by atoms with Crippen molar-refractivity contribution in [1.29, 1.82) is 0 Å². The van der Waals surface area contributed by atoms with Gasteiger partial charge in [-0.05, 0) is 13.0 Å². The lowest BCUT2D eigenvalue weighted by Gasteiger charge is -1.91. The summed E-state index contributed by atoms with van der Waals surface area (Å²) in [6, 6.07) is 1.83. The van der Waals surface area contributed by atoms with E-state index in [9.17, 15) is 0 Å². The van der Waals surface area contributed by atoms with Crippen molar-refractivity contribution in [2.24, 2.45) is 0 Å². The summed E-state index contributed by atoms with van der Waals surface area (Å²) < 4.78 is 0. The summed E-state index contributed by atoms with van der Waals surface area (Å²) in [5, 5.41) is 13.4. The first-order chi connectivity index (χ1) is 5.79. The van der Waals surface area contributed by atoms with Gasteiger partial charge >= 0.3 is 0 Å². The van der Waals surface area contributed by atoms with Crippen LogP contribution in [0.5, 0.6) is 0 Å². The minimum absolute atomic E-state index is 0.666. The molecule has 0 saturated carbocycles. The first-order valence-electron chi connectivity index (χ1n) is 3.59. The molecule has 0 unspecified atom stereocenters. The van der Waals surface area contributed by atoms with Crippen LogP contribution in [0.4, 0.5) is 5.69 Å². The summed E-state index contributed by atoms with van der Waals surface area (Å²) in [6.45, 7) is 1.88. The number of hydrogen-bond donors (Lipinski definition) is 3. The van der Waals surface area contributed by atoms with Crippen LogP contribution in [0.3, 0.4) is 0 Å². The van der Waals surface area contributed by atoms with E-state index in [-0.39, 0.29) is 0 Å². The maximum Gasteiger partial charge on any atom is 0.133 e. The van der Waals surface area contributed by atoms with E-state index in [0.29, 0.717) is 5.69 Å². The van der Waals surface area contributed by atoms with Crippen molar-refractivity contribution >= 4 is 5.69 Å². The number of rotatable bonds is 1. The molecule has 0 aliphatic rings. The van der Waals surface area contributed by atoms with E-state index in [2.05, 4.69) is 20.4 Å². The van der Waals surface area contributed by atoms with Crippen LogP contribution in [0.25, 0.3) is 11.4 Å². The topological polar surface area (TPSA) is 83.4 Å². The van der Waals surface area contributed by atoms with Crippen molar-refractivity contribution < 1.29 is 0 Å². The number of nitrogens with one attached hydrogen (secondary N) is 2. The van der Waals surface area contributed by atoms with Gasteiger partial charge in [0, 0.05) is 6.20 Å². The summed E-state index contributed by atoms with van der Waals surface area (Å²) in [5.74, 6) is 0. The lowest BCUT2D eigenvalue weighted by Crippen LogP contribution is -1.88. The highest BCUT2D eigenvalue weighted by Gasteiger charge is 2.08. The van der Waals surface area contributed by atoms with Gasteiger partial charge in [-0.25, -0.2) is 0 Å². The van der Waals surface area contributed by atoms with E-state index in [4.69, 9.17) is 5.73 Å². The number of nitrogens with zero attached hydrogens (tertiary/aromatic N) is 2. The van der Waals surface area contributed by atoms with Gasteiger partial charge in [0.1, 0.15) is 5.69 Å². The number of hydrogen-bond acceptors (Lipinski definition) is 3.